The van der Waals surface area contributed by atoms with Gasteiger partial charge >= 0.3 is 0 Å². The minimum atomic E-state index is 0.109. The van der Waals surface area contributed by atoms with Crippen LogP contribution in [0.4, 0.5) is 0 Å². The Morgan fingerprint density at radius 2 is 1.95 bits per heavy atom. The summed E-state index contributed by atoms with van der Waals surface area (Å²) < 4.78 is 2.24. The van der Waals surface area contributed by atoms with E-state index in [1.165, 1.54) is 25.7 Å². The van der Waals surface area contributed by atoms with Crippen molar-refractivity contribution in [1.29, 1.82) is 0 Å². The summed E-state index contributed by atoms with van der Waals surface area (Å²) >= 11 is 0. The number of imidazole rings is 1. The first kappa shape index (κ1) is 15.6. The van der Waals surface area contributed by atoms with E-state index < -0.39 is 0 Å². The molecular weight excluding hydrogens is 246 g/mol. The lowest BCUT2D eigenvalue weighted by Gasteiger charge is -2.38. The van der Waals surface area contributed by atoms with Crippen molar-refractivity contribution in [2.24, 2.45) is 23.0 Å². The van der Waals surface area contributed by atoms with Crippen LogP contribution in [0.2, 0.25) is 0 Å². The van der Waals surface area contributed by atoms with E-state index in [-0.39, 0.29) is 6.04 Å². The van der Waals surface area contributed by atoms with Gasteiger partial charge in [-0.1, -0.05) is 27.7 Å². The molecule has 1 heterocycles. The molecule has 1 aliphatic rings. The van der Waals surface area contributed by atoms with Crippen molar-refractivity contribution in [2.45, 2.75) is 72.4 Å². The molecular formula is C17H31N3. The van der Waals surface area contributed by atoms with Crippen molar-refractivity contribution in [3.05, 3.63) is 18.2 Å². The molecule has 3 heteroatoms. The van der Waals surface area contributed by atoms with E-state index in [9.17, 15) is 0 Å². The van der Waals surface area contributed by atoms with Crippen LogP contribution in [-0.2, 0) is 6.54 Å². The Hall–Kier alpha value is -0.830. The Labute approximate surface area is 124 Å². The zero-order chi connectivity index (χ0) is 14.8. The number of nitrogens with two attached hydrogens (primary N) is 1. The first-order valence-corrected chi connectivity index (χ1v) is 8.20. The van der Waals surface area contributed by atoms with Crippen LogP contribution in [0.5, 0.6) is 0 Å². The van der Waals surface area contributed by atoms with Crippen LogP contribution in [0.15, 0.2) is 12.4 Å². The molecule has 0 aromatic carbocycles. The number of rotatable bonds is 4. The van der Waals surface area contributed by atoms with Crippen LogP contribution >= 0.6 is 0 Å². The van der Waals surface area contributed by atoms with Gasteiger partial charge in [0.05, 0.1) is 6.04 Å². The summed E-state index contributed by atoms with van der Waals surface area (Å²) in [5.74, 6) is 2.54. The molecule has 0 radical (unpaired) electrons. The van der Waals surface area contributed by atoms with Gasteiger partial charge in [-0.05, 0) is 49.4 Å². The van der Waals surface area contributed by atoms with Gasteiger partial charge < -0.3 is 10.3 Å². The lowest BCUT2D eigenvalue weighted by molar-refractivity contribution is 0.137. The van der Waals surface area contributed by atoms with E-state index in [1.54, 1.807) is 0 Å². The van der Waals surface area contributed by atoms with E-state index in [2.05, 4.69) is 43.4 Å². The van der Waals surface area contributed by atoms with Crippen LogP contribution < -0.4 is 5.73 Å². The maximum atomic E-state index is 6.52. The predicted molar refractivity (Wildman–Crippen MR) is 84.3 cm³/mol. The highest BCUT2D eigenvalue weighted by atomic mass is 15.1. The molecule has 3 nitrogen and oxygen atoms in total. The molecule has 0 bridgehead atoms. The fourth-order valence-electron chi connectivity index (χ4n) is 3.60. The van der Waals surface area contributed by atoms with Crippen LogP contribution in [0.1, 0.15) is 71.7 Å². The lowest BCUT2D eigenvalue weighted by Crippen LogP contribution is -2.32. The number of aromatic nitrogens is 2. The minimum absolute atomic E-state index is 0.109. The van der Waals surface area contributed by atoms with Gasteiger partial charge in [-0.15, -0.1) is 0 Å². The van der Waals surface area contributed by atoms with Crippen molar-refractivity contribution in [2.75, 3.05) is 0 Å². The smallest absolute Gasteiger partial charge is 0.125 e. The fraction of sp³-hybridized carbons (Fsp3) is 0.824. The topological polar surface area (TPSA) is 43.8 Å². The highest BCUT2D eigenvalue weighted by Gasteiger charge is 2.33. The molecule has 114 valence electrons. The Balaban J connectivity index is 1.98. The molecule has 20 heavy (non-hydrogen) atoms. The number of hydrogen-bond acceptors (Lipinski definition) is 2. The molecule has 1 saturated carbocycles. The van der Waals surface area contributed by atoms with Crippen molar-refractivity contribution in [3.8, 4) is 0 Å². The molecule has 1 unspecified atom stereocenters. The number of aryl methyl sites for hydroxylation is 1. The highest BCUT2D eigenvalue weighted by molar-refractivity contribution is 5.01. The highest BCUT2D eigenvalue weighted by Crippen LogP contribution is 2.42. The molecule has 0 amide bonds. The van der Waals surface area contributed by atoms with Gasteiger partial charge in [-0.3, -0.25) is 0 Å². The molecule has 1 aliphatic carbocycles. The third-order valence-electron chi connectivity index (χ3n) is 5.01. The third-order valence-corrected chi connectivity index (χ3v) is 5.01. The summed E-state index contributed by atoms with van der Waals surface area (Å²) in [6, 6.07) is 0.109. The first-order chi connectivity index (χ1) is 9.43. The van der Waals surface area contributed by atoms with Gasteiger partial charge in [0.25, 0.3) is 0 Å². The van der Waals surface area contributed by atoms with Crippen molar-refractivity contribution in [1.82, 2.24) is 9.55 Å². The average molecular weight is 277 g/mol. The summed E-state index contributed by atoms with van der Waals surface area (Å²) in [4.78, 5) is 4.52. The van der Waals surface area contributed by atoms with E-state index in [4.69, 9.17) is 5.73 Å². The van der Waals surface area contributed by atoms with E-state index in [1.807, 2.05) is 6.20 Å². The standard InChI is InChI=1S/C17H31N3/c1-5-11-20-12-10-19-16(20)15(18)13-6-8-14(9-7-13)17(2,3)4/h10,12-15H,5-9,11,18H2,1-4H3. The zero-order valence-electron chi connectivity index (χ0n) is 13.6. The molecule has 0 saturated heterocycles. The van der Waals surface area contributed by atoms with Gasteiger partial charge in [-0.2, -0.15) is 0 Å². The van der Waals surface area contributed by atoms with Crippen LogP contribution in [0.3, 0.4) is 0 Å². The summed E-state index contributed by atoms with van der Waals surface area (Å²) in [5, 5.41) is 0. The summed E-state index contributed by atoms with van der Waals surface area (Å²) in [7, 11) is 0. The molecule has 2 N–H and O–H groups in total. The monoisotopic (exact) mass is 277 g/mol. The third kappa shape index (κ3) is 3.43. The van der Waals surface area contributed by atoms with E-state index in [0.29, 0.717) is 11.3 Å². The quantitative estimate of drug-likeness (QED) is 0.898. The Morgan fingerprint density at radius 3 is 2.50 bits per heavy atom. The molecule has 0 aliphatic heterocycles. The normalized spacial score (nSPS) is 25.6. The van der Waals surface area contributed by atoms with Gasteiger partial charge in [0.15, 0.2) is 0 Å². The second-order valence-corrected chi connectivity index (χ2v) is 7.48. The maximum Gasteiger partial charge on any atom is 0.125 e. The second-order valence-electron chi connectivity index (χ2n) is 7.48. The van der Waals surface area contributed by atoms with Crippen molar-refractivity contribution >= 4 is 0 Å². The minimum Gasteiger partial charge on any atom is -0.334 e. The number of nitrogens with zero attached hydrogens (tertiary/aromatic N) is 2. The van der Waals surface area contributed by atoms with Gasteiger partial charge in [0, 0.05) is 18.9 Å². The lowest BCUT2D eigenvalue weighted by atomic mass is 9.68. The molecule has 1 aromatic heterocycles. The van der Waals surface area contributed by atoms with Gasteiger partial charge in [0.2, 0.25) is 0 Å². The van der Waals surface area contributed by atoms with Crippen molar-refractivity contribution < 1.29 is 0 Å². The summed E-state index contributed by atoms with van der Waals surface area (Å²) in [5.41, 5.74) is 6.96. The molecule has 0 spiro atoms. The van der Waals surface area contributed by atoms with Gasteiger partial charge in [0.1, 0.15) is 5.82 Å². The largest absolute Gasteiger partial charge is 0.334 e. The van der Waals surface area contributed by atoms with Crippen LogP contribution in [-0.4, -0.2) is 9.55 Å². The SMILES string of the molecule is CCCn1ccnc1C(N)C1CCC(C(C)(C)C)CC1. The molecule has 2 rings (SSSR count). The predicted octanol–water partition coefficient (Wildman–Crippen LogP) is 4.15. The zero-order valence-corrected chi connectivity index (χ0v) is 13.6. The maximum absolute atomic E-state index is 6.52. The first-order valence-electron chi connectivity index (χ1n) is 8.20. The second kappa shape index (κ2) is 6.30. The van der Waals surface area contributed by atoms with E-state index >= 15 is 0 Å². The van der Waals surface area contributed by atoms with Crippen molar-refractivity contribution in [3.63, 3.8) is 0 Å². The average Bonchev–Trinajstić information content (AvgIpc) is 2.86. The molecule has 1 aromatic rings. The fourth-order valence-corrected chi connectivity index (χ4v) is 3.60. The summed E-state index contributed by atoms with van der Waals surface area (Å²) in [6.45, 7) is 10.3. The Kier molecular flexibility index (Phi) is 4.90. The molecule has 1 atom stereocenters. The Morgan fingerprint density at radius 1 is 1.30 bits per heavy atom. The van der Waals surface area contributed by atoms with Crippen LogP contribution in [0.25, 0.3) is 0 Å². The van der Waals surface area contributed by atoms with Gasteiger partial charge in [-0.25, -0.2) is 4.98 Å². The van der Waals surface area contributed by atoms with Crippen LogP contribution in [0, 0.1) is 17.3 Å². The van der Waals surface area contributed by atoms with E-state index in [0.717, 1.165) is 24.7 Å². The number of hydrogen-bond donors (Lipinski definition) is 1. The molecule has 1 fully saturated rings. The Bertz CT molecular complexity index is 408. The summed E-state index contributed by atoms with van der Waals surface area (Å²) in [6.07, 6.45) is 10.2.